The lowest BCUT2D eigenvalue weighted by Gasteiger charge is -2.06. The summed E-state index contributed by atoms with van der Waals surface area (Å²) in [5.41, 5.74) is 0.745. The van der Waals surface area contributed by atoms with E-state index in [2.05, 4.69) is 37.9 Å². The second-order valence-corrected chi connectivity index (χ2v) is 6.69. The SMILES string of the molecule is N#Cc1cc(Br)ccc1Sc1ccc(Br)c(C(=O)O)c1. The molecule has 0 fully saturated rings. The maximum atomic E-state index is 11.1. The average Bonchev–Trinajstić information content (AvgIpc) is 2.42. The molecule has 100 valence electrons. The Morgan fingerprint density at radius 1 is 1.20 bits per heavy atom. The van der Waals surface area contributed by atoms with Crippen molar-refractivity contribution in [3.05, 3.63) is 56.5 Å². The van der Waals surface area contributed by atoms with Crippen LogP contribution in [-0.4, -0.2) is 11.1 Å². The number of benzene rings is 2. The maximum absolute atomic E-state index is 11.1. The zero-order chi connectivity index (χ0) is 14.7. The fourth-order valence-corrected chi connectivity index (χ4v) is 3.23. The number of nitriles is 1. The molecule has 0 bridgehead atoms. The van der Waals surface area contributed by atoms with Gasteiger partial charge in [0.15, 0.2) is 0 Å². The molecule has 1 N–H and O–H groups in total. The third-order valence-electron chi connectivity index (χ3n) is 2.46. The van der Waals surface area contributed by atoms with E-state index in [1.807, 2.05) is 18.2 Å². The van der Waals surface area contributed by atoms with Gasteiger partial charge < -0.3 is 5.11 Å². The molecule has 0 spiro atoms. The Morgan fingerprint density at radius 2 is 1.95 bits per heavy atom. The Labute approximate surface area is 136 Å². The summed E-state index contributed by atoms with van der Waals surface area (Å²) in [5.74, 6) is -0.990. The standard InChI is InChI=1S/C14H7Br2NO2S/c15-9-1-4-13(8(5-9)7-17)20-10-2-3-12(16)11(6-10)14(18)19/h1-6H,(H,18,19). The Kier molecular flexibility index (Phi) is 4.86. The van der Waals surface area contributed by atoms with Crippen molar-refractivity contribution in [3.63, 3.8) is 0 Å². The van der Waals surface area contributed by atoms with Gasteiger partial charge in [0.2, 0.25) is 0 Å². The summed E-state index contributed by atoms with van der Waals surface area (Å²) in [6, 6.07) is 12.6. The molecular formula is C14H7Br2NO2S. The first-order chi connectivity index (χ1) is 9.51. The van der Waals surface area contributed by atoms with Gasteiger partial charge in [-0.15, -0.1) is 0 Å². The van der Waals surface area contributed by atoms with Gasteiger partial charge in [0.1, 0.15) is 6.07 Å². The van der Waals surface area contributed by atoms with E-state index in [4.69, 9.17) is 10.4 Å². The van der Waals surface area contributed by atoms with Crippen LogP contribution in [0.1, 0.15) is 15.9 Å². The highest BCUT2D eigenvalue weighted by Gasteiger charge is 2.11. The van der Waals surface area contributed by atoms with E-state index in [0.29, 0.717) is 10.0 Å². The molecule has 0 atom stereocenters. The number of carboxylic acid groups (broad SMARTS) is 1. The lowest BCUT2D eigenvalue weighted by atomic mass is 10.2. The average molecular weight is 413 g/mol. The molecule has 0 aromatic heterocycles. The van der Waals surface area contributed by atoms with Crippen LogP contribution >= 0.6 is 43.6 Å². The van der Waals surface area contributed by atoms with Crippen molar-refractivity contribution in [2.75, 3.05) is 0 Å². The normalized spacial score (nSPS) is 10.1. The lowest BCUT2D eigenvalue weighted by molar-refractivity contribution is 0.0695. The molecule has 6 heteroatoms. The van der Waals surface area contributed by atoms with Gasteiger partial charge in [-0.3, -0.25) is 0 Å². The van der Waals surface area contributed by atoms with Crippen LogP contribution in [0.5, 0.6) is 0 Å². The summed E-state index contributed by atoms with van der Waals surface area (Å²) in [6.45, 7) is 0. The summed E-state index contributed by atoms with van der Waals surface area (Å²) in [7, 11) is 0. The van der Waals surface area contributed by atoms with Gasteiger partial charge in [0, 0.05) is 18.7 Å². The number of hydrogen-bond acceptors (Lipinski definition) is 3. The van der Waals surface area contributed by atoms with Crippen molar-refractivity contribution in [1.29, 1.82) is 5.26 Å². The molecule has 3 nitrogen and oxygen atoms in total. The molecule has 20 heavy (non-hydrogen) atoms. The highest BCUT2D eigenvalue weighted by atomic mass is 79.9. The molecular weight excluding hydrogens is 406 g/mol. The zero-order valence-corrected chi connectivity index (χ0v) is 13.9. The van der Waals surface area contributed by atoms with Crippen LogP contribution in [0.15, 0.2) is 55.1 Å². The minimum absolute atomic E-state index is 0.200. The highest BCUT2D eigenvalue weighted by molar-refractivity contribution is 9.10. The molecule has 2 rings (SSSR count). The second-order valence-electron chi connectivity index (χ2n) is 3.80. The molecule has 0 saturated carbocycles. The Balaban J connectivity index is 2.38. The smallest absolute Gasteiger partial charge is 0.336 e. The Bertz CT molecular complexity index is 726. The minimum Gasteiger partial charge on any atom is -0.478 e. The molecule has 0 aliphatic carbocycles. The van der Waals surface area contributed by atoms with Gasteiger partial charge in [-0.2, -0.15) is 5.26 Å². The van der Waals surface area contributed by atoms with Crippen LogP contribution in [-0.2, 0) is 0 Å². The van der Waals surface area contributed by atoms with E-state index in [9.17, 15) is 4.79 Å². The van der Waals surface area contributed by atoms with E-state index in [0.717, 1.165) is 14.3 Å². The Morgan fingerprint density at radius 3 is 2.60 bits per heavy atom. The van der Waals surface area contributed by atoms with Crippen molar-refractivity contribution in [1.82, 2.24) is 0 Å². The van der Waals surface area contributed by atoms with Gasteiger partial charge in [-0.1, -0.05) is 27.7 Å². The topological polar surface area (TPSA) is 61.1 Å². The molecule has 0 heterocycles. The molecule has 2 aromatic carbocycles. The number of rotatable bonds is 3. The quantitative estimate of drug-likeness (QED) is 0.775. The molecule has 0 aliphatic heterocycles. The monoisotopic (exact) mass is 411 g/mol. The van der Waals surface area contributed by atoms with Crippen LogP contribution < -0.4 is 0 Å². The van der Waals surface area contributed by atoms with E-state index in [-0.39, 0.29) is 5.56 Å². The van der Waals surface area contributed by atoms with Crippen molar-refractivity contribution >= 4 is 49.6 Å². The Hall–Kier alpha value is -1.29. The van der Waals surface area contributed by atoms with Crippen LogP contribution in [0, 0.1) is 11.3 Å². The summed E-state index contributed by atoms with van der Waals surface area (Å²) in [6.07, 6.45) is 0. The van der Waals surface area contributed by atoms with Crippen molar-refractivity contribution < 1.29 is 9.90 Å². The van der Waals surface area contributed by atoms with E-state index in [1.165, 1.54) is 11.8 Å². The predicted molar refractivity (Wildman–Crippen MR) is 84.1 cm³/mol. The fourth-order valence-electron chi connectivity index (χ4n) is 1.54. The molecule has 0 amide bonds. The summed E-state index contributed by atoms with van der Waals surface area (Å²) in [4.78, 5) is 12.7. The number of halogens is 2. The third kappa shape index (κ3) is 3.42. The predicted octanol–water partition coefficient (Wildman–Crippen LogP) is 4.93. The fraction of sp³-hybridized carbons (Fsp3) is 0. The van der Waals surface area contributed by atoms with Gasteiger partial charge in [-0.05, 0) is 52.3 Å². The van der Waals surface area contributed by atoms with E-state index >= 15 is 0 Å². The van der Waals surface area contributed by atoms with Gasteiger partial charge in [0.25, 0.3) is 0 Å². The van der Waals surface area contributed by atoms with Crippen molar-refractivity contribution in [3.8, 4) is 6.07 Å². The van der Waals surface area contributed by atoms with E-state index < -0.39 is 5.97 Å². The van der Waals surface area contributed by atoms with Crippen molar-refractivity contribution in [2.45, 2.75) is 9.79 Å². The number of hydrogen-bond donors (Lipinski definition) is 1. The second kappa shape index (κ2) is 6.44. The first-order valence-corrected chi connectivity index (χ1v) is 7.82. The van der Waals surface area contributed by atoms with Crippen molar-refractivity contribution in [2.24, 2.45) is 0 Å². The number of aromatic carboxylic acids is 1. The highest BCUT2D eigenvalue weighted by Crippen LogP contribution is 2.33. The molecule has 0 saturated heterocycles. The maximum Gasteiger partial charge on any atom is 0.336 e. The van der Waals surface area contributed by atoms with Crippen LogP contribution in [0.2, 0.25) is 0 Å². The number of carboxylic acids is 1. The van der Waals surface area contributed by atoms with Crippen LogP contribution in [0.3, 0.4) is 0 Å². The summed E-state index contributed by atoms with van der Waals surface area (Å²) >= 11 is 7.88. The molecule has 2 aromatic rings. The van der Waals surface area contributed by atoms with Gasteiger partial charge in [0.05, 0.1) is 11.1 Å². The van der Waals surface area contributed by atoms with Gasteiger partial charge in [-0.25, -0.2) is 4.79 Å². The number of carbonyl (C=O) groups is 1. The molecule has 0 aliphatic rings. The summed E-state index contributed by atoms with van der Waals surface area (Å²) < 4.78 is 1.37. The zero-order valence-electron chi connectivity index (χ0n) is 9.93. The van der Waals surface area contributed by atoms with E-state index in [1.54, 1.807) is 18.2 Å². The summed E-state index contributed by atoms with van der Waals surface area (Å²) in [5, 5.41) is 18.2. The molecule has 0 unspecified atom stereocenters. The number of nitrogens with zero attached hydrogens (tertiary/aromatic N) is 1. The minimum atomic E-state index is -0.990. The first-order valence-electron chi connectivity index (χ1n) is 5.41. The lowest BCUT2D eigenvalue weighted by Crippen LogP contribution is -1.97. The molecule has 0 radical (unpaired) electrons. The third-order valence-corrected chi connectivity index (χ3v) is 4.71. The van der Waals surface area contributed by atoms with Crippen LogP contribution in [0.4, 0.5) is 0 Å². The van der Waals surface area contributed by atoms with Gasteiger partial charge >= 0.3 is 5.97 Å². The largest absolute Gasteiger partial charge is 0.478 e. The van der Waals surface area contributed by atoms with Crippen LogP contribution in [0.25, 0.3) is 0 Å². The first kappa shape index (κ1) is 15.1.